The average Bonchev–Trinajstić information content (AvgIpc) is 2.86. The van der Waals surface area contributed by atoms with Gasteiger partial charge in [-0.1, -0.05) is 54.6 Å². The van der Waals surface area contributed by atoms with Crippen molar-refractivity contribution in [1.29, 1.82) is 0 Å². The van der Waals surface area contributed by atoms with Gasteiger partial charge >= 0.3 is 5.97 Å². The zero-order valence-electron chi connectivity index (χ0n) is 21.6. The molecule has 3 aromatic rings. The average molecular weight is 489 g/mol. The number of hydroxylamine groups is 2. The van der Waals surface area contributed by atoms with E-state index in [9.17, 15) is 4.79 Å². The highest BCUT2D eigenvalue weighted by Crippen LogP contribution is 2.56. The molecule has 1 heterocycles. The topological polar surface area (TPSA) is 29.5 Å². The molecule has 0 saturated carbocycles. The first kappa shape index (κ1) is 25.6. The van der Waals surface area contributed by atoms with Crippen molar-refractivity contribution in [3.8, 4) is 0 Å². The van der Waals surface area contributed by atoms with Crippen LogP contribution in [-0.2, 0) is 9.63 Å². The fraction of sp³-hybridized carbons (Fsp3) is 0.387. The molecule has 3 aromatic carbocycles. The first-order chi connectivity index (χ1) is 16.8. The summed E-state index contributed by atoms with van der Waals surface area (Å²) in [6.07, 6.45) is 5.35. The van der Waals surface area contributed by atoms with E-state index in [1.165, 1.54) is 15.9 Å². The second kappa shape index (κ2) is 10.6. The van der Waals surface area contributed by atoms with Gasteiger partial charge in [0.2, 0.25) is 0 Å². The molecule has 0 spiro atoms. The number of piperidine rings is 1. The molecule has 0 radical (unpaired) electrons. The monoisotopic (exact) mass is 488 g/mol. The van der Waals surface area contributed by atoms with Crippen molar-refractivity contribution in [1.82, 2.24) is 5.06 Å². The third-order valence-corrected chi connectivity index (χ3v) is 11.9. The van der Waals surface area contributed by atoms with Crippen LogP contribution in [0.25, 0.3) is 0 Å². The molecule has 3 nitrogen and oxygen atoms in total. The summed E-state index contributed by atoms with van der Waals surface area (Å²) in [7, 11) is -1.92. The van der Waals surface area contributed by atoms with Gasteiger partial charge in [0.05, 0.1) is 23.7 Å². The van der Waals surface area contributed by atoms with Gasteiger partial charge in [-0.05, 0) is 89.8 Å². The highest BCUT2D eigenvalue weighted by atomic mass is 31.2. The molecule has 0 unspecified atom stereocenters. The smallest absolute Gasteiger partial charge is 0.325 e. The normalized spacial score (nSPS) is 17.6. The lowest BCUT2D eigenvalue weighted by atomic mass is 9.82. The lowest BCUT2D eigenvalue weighted by Crippen LogP contribution is -2.58. The summed E-state index contributed by atoms with van der Waals surface area (Å²) in [5, 5.41) is 6.02. The highest BCUT2D eigenvalue weighted by Gasteiger charge is 2.46. The molecule has 1 aliphatic rings. The summed E-state index contributed by atoms with van der Waals surface area (Å²) in [5.74, 6) is -0.125. The van der Waals surface area contributed by atoms with Crippen LogP contribution in [0.5, 0.6) is 0 Å². The predicted molar refractivity (Wildman–Crippen MR) is 149 cm³/mol. The minimum Gasteiger partial charge on any atom is -0.367 e. The van der Waals surface area contributed by atoms with E-state index in [0.717, 1.165) is 31.8 Å². The molecule has 0 atom stereocenters. The molecule has 1 aliphatic heterocycles. The Morgan fingerprint density at radius 2 is 1.14 bits per heavy atom. The van der Waals surface area contributed by atoms with Crippen LogP contribution in [0.3, 0.4) is 0 Å². The maximum atomic E-state index is 13.1. The van der Waals surface area contributed by atoms with Gasteiger partial charge in [-0.2, -0.15) is 0 Å². The molecule has 4 rings (SSSR count). The highest BCUT2D eigenvalue weighted by molar-refractivity contribution is 7.95. The Hall–Kier alpha value is -2.48. The molecule has 1 fully saturated rings. The van der Waals surface area contributed by atoms with Gasteiger partial charge in [0.15, 0.2) is 0 Å². The van der Waals surface area contributed by atoms with Crippen molar-refractivity contribution in [3.05, 3.63) is 91.0 Å². The minimum absolute atomic E-state index is 0.125. The molecule has 184 valence electrons. The molecule has 0 N–H and O–H groups in total. The fourth-order valence-corrected chi connectivity index (χ4v) is 10.1. The number of hydrogen-bond acceptors (Lipinski definition) is 3. The van der Waals surface area contributed by atoms with Crippen molar-refractivity contribution < 1.29 is 9.63 Å². The van der Waals surface area contributed by atoms with Crippen LogP contribution >= 0.6 is 7.26 Å². The van der Waals surface area contributed by atoms with Crippen LogP contribution in [0.4, 0.5) is 0 Å². The van der Waals surface area contributed by atoms with Crippen LogP contribution in [0.15, 0.2) is 91.0 Å². The van der Waals surface area contributed by atoms with Crippen LogP contribution < -0.4 is 15.9 Å². The number of hydrogen-bond donors (Lipinski definition) is 0. The summed E-state index contributed by atoms with van der Waals surface area (Å²) < 4.78 is 0. The number of rotatable bonds is 8. The molecule has 35 heavy (non-hydrogen) atoms. The molecule has 0 aliphatic carbocycles. The number of carbonyl (C=O) groups excluding carboxylic acids is 1. The molecule has 1 saturated heterocycles. The minimum atomic E-state index is -1.92. The maximum absolute atomic E-state index is 13.1. The van der Waals surface area contributed by atoms with Gasteiger partial charge in [0.1, 0.15) is 23.2 Å². The Labute approximate surface area is 211 Å². The summed E-state index contributed by atoms with van der Waals surface area (Å²) in [6, 6.07) is 32.5. The molecule has 0 amide bonds. The number of carbonyl (C=O) groups is 1. The van der Waals surface area contributed by atoms with Crippen molar-refractivity contribution >= 4 is 29.1 Å². The van der Waals surface area contributed by atoms with Gasteiger partial charge in [0, 0.05) is 0 Å². The maximum Gasteiger partial charge on any atom is 0.325 e. The standard InChI is InChI=1S/C31H39NO2P/c1-30(2)23-15-24-31(3,4)32(30)34-29(33)22-14-25-35(26-16-8-5-9-17-26,27-18-10-6-11-19-27)28-20-12-7-13-21-28/h5-13,16-21H,14-15,22-25H2,1-4H3/q+1. The summed E-state index contributed by atoms with van der Waals surface area (Å²) >= 11 is 0. The Morgan fingerprint density at radius 1 is 0.743 bits per heavy atom. The zero-order chi connectivity index (χ0) is 24.9. The Kier molecular flexibility index (Phi) is 7.79. The number of nitrogens with zero attached hydrogens (tertiary/aromatic N) is 1. The van der Waals surface area contributed by atoms with E-state index in [1.54, 1.807) is 0 Å². The fourth-order valence-electron chi connectivity index (χ4n) is 5.71. The van der Waals surface area contributed by atoms with Crippen molar-refractivity contribution in [2.24, 2.45) is 0 Å². The zero-order valence-corrected chi connectivity index (χ0v) is 22.5. The first-order valence-electron chi connectivity index (χ1n) is 12.8. The summed E-state index contributed by atoms with van der Waals surface area (Å²) in [6.45, 7) is 8.71. The van der Waals surface area contributed by atoms with E-state index in [4.69, 9.17) is 4.84 Å². The van der Waals surface area contributed by atoms with E-state index in [1.807, 2.05) is 5.06 Å². The van der Waals surface area contributed by atoms with Crippen LogP contribution in [0, 0.1) is 0 Å². The Balaban J connectivity index is 1.60. The Morgan fingerprint density at radius 3 is 1.54 bits per heavy atom. The predicted octanol–water partition coefficient (Wildman–Crippen LogP) is 6.26. The molecular weight excluding hydrogens is 449 g/mol. The van der Waals surface area contributed by atoms with E-state index in [0.29, 0.717) is 6.42 Å². The van der Waals surface area contributed by atoms with Gasteiger partial charge < -0.3 is 4.84 Å². The van der Waals surface area contributed by atoms with Crippen molar-refractivity contribution in [2.45, 2.75) is 70.9 Å². The second-order valence-corrected chi connectivity index (χ2v) is 14.5. The van der Waals surface area contributed by atoms with E-state index < -0.39 is 7.26 Å². The van der Waals surface area contributed by atoms with E-state index in [2.05, 4.69) is 119 Å². The molecule has 4 heteroatoms. The van der Waals surface area contributed by atoms with Crippen molar-refractivity contribution in [2.75, 3.05) is 6.16 Å². The number of benzene rings is 3. The van der Waals surface area contributed by atoms with Gasteiger partial charge in [-0.3, -0.25) is 4.79 Å². The second-order valence-electron chi connectivity index (χ2n) is 10.9. The van der Waals surface area contributed by atoms with E-state index >= 15 is 0 Å². The molecule has 0 aromatic heterocycles. The van der Waals surface area contributed by atoms with Gasteiger partial charge in [-0.15, -0.1) is 5.06 Å². The quantitative estimate of drug-likeness (QED) is 0.351. The van der Waals surface area contributed by atoms with Crippen molar-refractivity contribution in [3.63, 3.8) is 0 Å². The SMILES string of the molecule is CC1(C)CCCC(C)(C)N1OC(=O)CCC[P+](c1ccccc1)(c1ccccc1)c1ccccc1. The van der Waals surface area contributed by atoms with E-state index in [-0.39, 0.29) is 17.0 Å². The summed E-state index contributed by atoms with van der Waals surface area (Å²) in [4.78, 5) is 19.2. The van der Waals surface area contributed by atoms with Crippen LogP contribution in [0.2, 0.25) is 0 Å². The third-order valence-electron chi connectivity index (χ3n) is 7.34. The molecule has 0 bridgehead atoms. The lowest BCUT2D eigenvalue weighted by Gasteiger charge is -2.50. The van der Waals surface area contributed by atoms with Crippen LogP contribution in [0.1, 0.15) is 59.8 Å². The molecular formula is C31H39NO2P+. The van der Waals surface area contributed by atoms with Gasteiger partial charge in [-0.25, -0.2) is 0 Å². The summed E-state index contributed by atoms with van der Waals surface area (Å²) in [5.41, 5.74) is -0.293. The van der Waals surface area contributed by atoms with Gasteiger partial charge in [0.25, 0.3) is 0 Å². The third kappa shape index (κ3) is 5.52. The van der Waals surface area contributed by atoms with Crippen LogP contribution in [-0.4, -0.2) is 28.3 Å². The first-order valence-corrected chi connectivity index (χ1v) is 14.8. The lowest BCUT2D eigenvalue weighted by molar-refractivity contribution is -0.265. The Bertz CT molecular complexity index is 984. The largest absolute Gasteiger partial charge is 0.367 e.